The van der Waals surface area contributed by atoms with Gasteiger partial charge in [-0.05, 0) is 43.0 Å². The van der Waals surface area contributed by atoms with E-state index in [2.05, 4.69) is 28.5 Å². The second-order valence-electron chi connectivity index (χ2n) is 7.65. The molecule has 6 rings (SSSR count). The molecule has 6 nitrogen and oxygen atoms in total. The Balaban J connectivity index is 1.50. The van der Waals surface area contributed by atoms with Gasteiger partial charge in [0.1, 0.15) is 5.69 Å². The normalized spacial score (nSPS) is 15.2. The number of carbonyl (C=O) groups excluding carboxylic acids is 1. The maximum atomic E-state index is 12.6. The summed E-state index contributed by atoms with van der Waals surface area (Å²) in [6, 6.07) is 12.3. The van der Waals surface area contributed by atoms with Crippen molar-refractivity contribution in [2.45, 2.75) is 25.8 Å². The molecule has 0 bridgehead atoms. The fourth-order valence-electron chi connectivity index (χ4n) is 4.41. The van der Waals surface area contributed by atoms with Crippen molar-refractivity contribution in [1.29, 1.82) is 0 Å². The zero-order valence-electron chi connectivity index (χ0n) is 15.9. The average molecular weight is 381 g/mol. The molecule has 0 radical (unpaired) electrons. The molecule has 4 aromatic rings. The molecule has 0 saturated heterocycles. The van der Waals surface area contributed by atoms with Crippen molar-refractivity contribution in [3.63, 3.8) is 0 Å². The largest absolute Gasteiger partial charge is 0.351 e. The molecule has 0 fully saturated rings. The minimum Gasteiger partial charge on any atom is -0.351 e. The Hall–Kier alpha value is -3.54. The quantitative estimate of drug-likeness (QED) is 0.549. The van der Waals surface area contributed by atoms with Gasteiger partial charge >= 0.3 is 0 Å². The smallest absolute Gasteiger partial charge is 0.269 e. The molecule has 29 heavy (non-hydrogen) atoms. The van der Waals surface area contributed by atoms with Gasteiger partial charge in [0.15, 0.2) is 0 Å². The molecule has 4 heterocycles. The molecule has 142 valence electrons. The van der Waals surface area contributed by atoms with Crippen LogP contribution >= 0.6 is 0 Å². The number of amides is 1. The number of hydrogen-bond donors (Lipinski definition) is 1. The van der Waals surface area contributed by atoms with Crippen molar-refractivity contribution in [3.05, 3.63) is 65.6 Å². The first-order chi connectivity index (χ1) is 14.3. The van der Waals surface area contributed by atoms with Crippen LogP contribution in [0.5, 0.6) is 0 Å². The van der Waals surface area contributed by atoms with Crippen molar-refractivity contribution in [1.82, 2.24) is 25.1 Å². The van der Waals surface area contributed by atoms with Gasteiger partial charge < -0.3 is 5.32 Å². The zero-order valence-corrected chi connectivity index (χ0v) is 15.9. The lowest BCUT2D eigenvalue weighted by molar-refractivity contribution is 0.0949. The van der Waals surface area contributed by atoms with Gasteiger partial charge in [-0.15, -0.1) is 0 Å². The Kier molecular flexibility index (Phi) is 3.53. The highest BCUT2D eigenvalue weighted by atomic mass is 16.2. The number of aromatic nitrogens is 4. The molecule has 0 saturated carbocycles. The topological polar surface area (TPSA) is 72.7 Å². The van der Waals surface area contributed by atoms with Crippen LogP contribution in [0.1, 0.15) is 28.0 Å². The van der Waals surface area contributed by atoms with Gasteiger partial charge in [0.2, 0.25) is 0 Å². The molecule has 1 amide bonds. The summed E-state index contributed by atoms with van der Waals surface area (Å²) in [5.41, 5.74) is 7.82. The number of nitrogens with one attached hydrogen (secondary N) is 1. The number of carbonyl (C=O) groups is 1. The molecular formula is C23H19N5O. The predicted molar refractivity (Wildman–Crippen MR) is 111 cm³/mol. The van der Waals surface area contributed by atoms with E-state index >= 15 is 0 Å². The van der Waals surface area contributed by atoms with E-state index in [1.54, 1.807) is 0 Å². The van der Waals surface area contributed by atoms with E-state index in [0.29, 0.717) is 6.54 Å². The molecule has 1 N–H and O–H groups in total. The SMILES string of the molecule is O=C1NCCCn2nc3c(c21)CCc1cnc(-c2cnc4ccccc4c2)cc1-3. The summed E-state index contributed by atoms with van der Waals surface area (Å²) in [5.74, 6) is -0.00675. The van der Waals surface area contributed by atoms with E-state index in [9.17, 15) is 4.79 Å². The number of rotatable bonds is 1. The second kappa shape index (κ2) is 6.24. The lowest BCUT2D eigenvalue weighted by atomic mass is 9.89. The number of para-hydroxylation sites is 1. The van der Waals surface area contributed by atoms with Crippen LogP contribution in [0.4, 0.5) is 0 Å². The highest BCUT2D eigenvalue weighted by molar-refractivity contribution is 5.96. The first kappa shape index (κ1) is 16.4. The molecule has 3 aromatic heterocycles. The molecule has 1 aliphatic heterocycles. The fraction of sp³-hybridized carbons (Fsp3) is 0.217. The van der Waals surface area contributed by atoms with E-state index in [4.69, 9.17) is 10.1 Å². The number of hydrogen-bond acceptors (Lipinski definition) is 4. The first-order valence-corrected chi connectivity index (χ1v) is 10.0. The second-order valence-corrected chi connectivity index (χ2v) is 7.65. The number of pyridine rings is 2. The van der Waals surface area contributed by atoms with Gasteiger partial charge in [0.05, 0.1) is 16.9 Å². The molecule has 1 aromatic carbocycles. The fourth-order valence-corrected chi connectivity index (χ4v) is 4.41. The lowest BCUT2D eigenvalue weighted by Gasteiger charge is -2.16. The minimum atomic E-state index is -0.00675. The number of aryl methyl sites for hydroxylation is 2. The third-order valence-electron chi connectivity index (χ3n) is 5.87. The Morgan fingerprint density at radius 1 is 1.03 bits per heavy atom. The summed E-state index contributed by atoms with van der Waals surface area (Å²) in [7, 11) is 0. The highest BCUT2D eigenvalue weighted by Crippen LogP contribution is 2.36. The van der Waals surface area contributed by atoms with Crippen LogP contribution in [0.25, 0.3) is 33.4 Å². The van der Waals surface area contributed by atoms with Gasteiger partial charge in [-0.25, -0.2) is 0 Å². The van der Waals surface area contributed by atoms with Crippen LogP contribution in [-0.2, 0) is 19.4 Å². The molecule has 1 aliphatic carbocycles. The van der Waals surface area contributed by atoms with Crippen molar-refractivity contribution in [3.8, 4) is 22.5 Å². The summed E-state index contributed by atoms with van der Waals surface area (Å²) < 4.78 is 1.89. The Labute approximate surface area is 167 Å². The van der Waals surface area contributed by atoms with E-state index in [1.165, 1.54) is 5.56 Å². The summed E-state index contributed by atoms with van der Waals surface area (Å²) in [6.07, 6.45) is 6.42. The lowest BCUT2D eigenvalue weighted by Crippen LogP contribution is -2.24. The van der Waals surface area contributed by atoms with Crippen LogP contribution in [0, 0.1) is 0 Å². The summed E-state index contributed by atoms with van der Waals surface area (Å²) in [6.45, 7) is 1.47. The number of nitrogens with zero attached hydrogens (tertiary/aromatic N) is 4. The van der Waals surface area contributed by atoms with E-state index in [-0.39, 0.29) is 5.91 Å². The molecule has 0 spiro atoms. The van der Waals surface area contributed by atoms with Crippen LogP contribution in [0.15, 0.2) is 48.8 Å². The summed E-state index contributed by atoms with van der Waals surface area (Å²) in [4.78, 5) is 21.8. The standard InChI is InChI=1S/C23H19N5O/c29-23-22-17-7-6-15-12-26-20(16-10-14-4-1-2-5-19(14)25-13-16)11-18(15)21(17)27-28(22)9-3-8-24-23/h1-2,4-5,10-13H,3,6-9H2,(H,24,29). The highest BCUT2D eigenvalue weighted by Gasteiger charge is 2.29. The monoisotopic (exact) mass is 381 g/mol. The molecule has 2 aliphatic rings. The minimum absolute atomic E-state index is 0.00675. The Morgan fingerprint density at radius 2 is 1.97 bits per heavy atom. The molecular weight excluding hydrogens is 362 g/mol. The van der Waals surface area contributed by atoms with Gasteiger partial charge in [0, 0.05) is 47.6 Å². The predicted octanol–water partition coefficient (Wildman–Crippen LogP) is 3.39. The van der Waals surface area contributed by atoms with Crippen LogP contribution < -0.4 is 5.32 Å². The molecule has 6 heteroatoms. The Bertz CT molecular complexity index is 1290. The average Bonchev–Trinajstić information content (AvgIpc) is 3.05. The molecule has 0 atom stereocenters. The molecule has 0 unspecified atom stereocenters. The van der Waals surface area contributed by atoms with Gasteiger partial charge in [-0.1, -0.05) is 18.2 Å². The zero-order chi connectivity index (χ0) is 19.4. The van der Waals surface area contributed by atoms with Gasteiger partial charge in [-0.2, -0.15) is 5.10 Å². The number of fused-ring (bicyclic) bond motifs is 6. The third kappa shape index (κ3) is 2.56. The van der Waals surface area contributed by atoms with Crippen molar-refractivity contribution in [2.24, 2.45) is 0 Å². The maximum absolute atomic E-state index is 12.6. The van der Waals surface area contributed by atoms with Gasteiger partial charge in [0.25, 0.3) is 5.91 Å². The van der Waals surface area contributed by atoms with Crippen LogP contribution in [0.3, 0.4) is 0 Å². The van der Waals surface area contributed by atoms with E-state index in [0.717, 1.165) is 70.5 Å². The van der Waals surface area contributed by atoms with Crippen molar-refractivity contribution >= 4 is 16.8 Å². The number of benzene rings is 1. The van der Waals surface area contributed by atoms with E-state index < -0.39 is 0 Å². The van der Waals surface area contributed by atoms with E-state index in [1.807, 2.05) is 35.3 Å². The summed E-state index contributed by atoms with van der Waals surface area (Å²) in [5, 5.41) is 8.93. The van der Waals surface area contributed by atoms with Crippen LogP contribution in [0.2, 0.25) is 0 Å². The van der Waals surface area contributed by atoms with Crippen molar-refractivity contribution < 1.29 is 4.79 Å². The maximum Gasteiger partial charge on any atom is 0.269 e. The Morgan fingerprint density at radius 3 is 2.93 bits per heavy atom. The van der Waals surface area contributed by atoms with Gasteiger partial charge in [-0.3, -0.25) is 19.4 Å². The van der Waals surface area contributed by atoms with Crippen LogP contribution in [-0.4, -0.2) is 32.2 Å². The van der Waals surface area contributed by atoms with Crippen molar-refractivity contribution in [2.75, 3.05) is 6.54 Å². The third-order valence-corrected chi connectivity index (χ3v) is 5.87. The summed E-state index contributed by atoms with van der Waals surface area (Å²) >= 11 is 0. The first-order valence-electron chi connectivity index (χ1n) is 10.0.